The molecule has 0 atom stereocenters. The van der Waals surface area contributed by atoms with Crippen LogP contribution in [0, 0.1) is 10.1 Å². The molecule has 7 heteroatoms. The van der Waals surface area contributed by atoms with Crippen LogP contribution in [0.4, 0.5) is 17.1 Å². The Labute approximate surface area is 171 Å². The van der Waals surface area contributed by atoms with Gasteiger partial charge >= 0.3 is 0 Å². The number of nitrogens with one attached hydrogen (secondary N) is 1. The van der Waals surface area contributed by atoms with Gasteiger partial charge in [-0.05, 0) is 40.8 Å². The van der Waals surface area contributed by atoms with E-state index in [4.69, 9.17) is 0 Å². The van der Waals surface area contributed by atoms with Gasteiger partial charge in [0.15, 0.2) is 0 Å². The van der Waals surface area contributed by atoms with Crippen molar-refractivity contribution in [1.29, 1.82) is 0 Å². The van der Waals surface area contributed by atoms with Gasteiger partial charge in [-0.1, -0.05) is 41.5 Å². The van der Waals surface area contributed by atoms with Crippen molar-refractivity contribution in [1.82, 2.24) is 4.40 Å². The van der Waals surface area contributed by atoms with E-state index in [1.807, 2.05) is 24.3 Å². The Morgan fingerprint density at radius 2 is 1.55 bits per heavy atom. The average molecular weight is 403 g/mol. The second-order valence-electron chi connectivity index (χ2n) is 6.51. The van der Waals surface area contributed by atoms with Crippen LogP contribution in [0.3, 0.4) is 0 Å². The highest BCUT2D eigenvalue weighted by Crippen LogP contribution is 2.33. The van der Waals surface area contributed by atoms with Crippen molar-refractivity contribution in [2.24, 2.45) is 5.11 Å². The lowest BCUT2D eigenvalue weighted by Gasteiger charge is -2.01. The molecule has 0 saturated heterocycles. The van der Waals surface area contributed by atoms with Crippen molar-refractivity contribution in [3.05, 3.63) is 95.2 Å². The van der Waals surface area contributed by atoms with Crippen molar-refractivity contribution >= 4 is 44.3 Å². The Bertz CT molecular complexity index is 1390. The highest BCUT2D eigenvalue weighted by Gasteiger charge is 2.18. The zero-order chi connectivity index (χ0) is 19.1. The number of non-ortho nitro benzene ring substituents is 1. The number of aromatic nitrogens is 1. The maximum absolute atomic E-state index is 10.8. The SMILES string of the molecule is O=[N+]([O-])c1ccc(N=[NH+]c2c3ccccc3n3ccc4ccccc4c23)cc1.[Cl-]. The predicted octanol–water partition coefficient (Wildman–Crippen LogP) is 1.65. The van der Waals surface area contributed by atoms with E-state index in [0.717, 1.165) is 32.9 Å². The molecule has 29 heavy (non-hydrogen) atoms. The number of nitrogens with zero attached hydrogens (tertiary/aromatic N) is 3. The number of benzene rings is 3. The molecule has 5 rings (SSSR count). The van der Waals surface area contributed by atoms with Crippen LogP contribution in [0.15, 0.2) is 90.2 Å². The van der Waals surface area contributed by atoms with Crippen LogP contribution in [-0.4, -0.2) is 9.32 Å². The molecule has 3 aromatic carbocycles. The average Bonchev–Trinajstić information content (AvgIpc) is 3.07. The standard InChI is InChI=1S/C22H14N4O2.ClH/c27-26(28)17-11-9-16(10-12-17)23-24-21-19-7-3-4-8-20(19)25-14-13-15-5-1-2-6-18(15)22(21)25;/h1-14H;1H. The molecule has 142 valence electrons. The van der Waals surface area contributed by atoms with Gasteiger partial charge in [0.05, 0.1) is 15.8 Å². The van der Waals surface area contributed by atoms with Crippen LogP contribution < -0.4 is 17.5 Å². The number of halogens is 1. The van der Waals surface area contributed by atoms with Gasteiger partial charge in [-0.3, -0.25) is 10.1 Å². The molecule has 0 bridgehead atoms. The minimum Gasteiger partial charge on any atom is -1.00 e. The van der Waals surface area contributed by atoms with E-state index in [1.165, 1.54) is 12.1 Å². The van der Waals surface area contributed by atoms with Gasteiger partial charge < -0.3 is 16.8 Å². The van der Waals surface area contributed by atoms with Gasteiger partial charge in [0.2, 0.25) is 0 Å². The Morgan fingerprint density at radius 1 is 0.862 bits per heavy atom. The first-order chi connectivity index (χ1) is 13.7. The van der Waals surface area contributed by atoms with Crippen molar-refractivity contribution in [3.63, 3.8) is 0 Å². The summed E-state index contributed by atoms with van der Waals surface area (Å²) in [4.78, 5) is 10.4. The summed E-state index contributed by atoms with van der Waals surface area (Å²) in [6.07, 6.45) is 2.07. The fourth-order valence-corrected chi connectivity index (χ4v) is 3.58. The van der Waals surface area contributed by atoms with Crippen LogP contribution >= 0.6 is 0 Å². The number of pyridine rings is 1. The van der Waals surface area contributed by atoms with E-state index in [2.05, 4.69) is 51.2 Å². The molecule has 0 radical (unpaired) electrons. The minimum absolute atomic E-state index is 0. The molecule has 0 spiro atoms. The van der Waals surface area contributed by atoms with E-state index in [9.17, 15) is 10.1 Å². The van der Waals surface area contributed by atoms with Crippen LogP contribution in [0.25, 0.3) is 27.2 Å². The largest absolute Gasteiger partial charge is 1.00 e. The molecule has 0 unspecified atom stereocenters. The Hall–Kier alpha value is -3.77. The summed E-state index contributed by atoms with van der Waals surface area (Å²) in [5, 5.41) is 21.8. The van der Waals surface area contributed by atoms with Crippen molar-refractivity contribution in [2.75, 3.05) is 0 Å². The van der Waals surface area contributed by atoms with Gasteiger partial charge in [0, 0.05) is 23.7 Å². The molecule has 2 aromatic heterocycles. The number of hydrogen-bond donors (Lipinski definition) is 1. The zero-order valence-electron chi connectivity index (χ0n) is 15.1. The first-order valence-electron chi connectivity index (χ1n) is 8.84. The third-order valence-corrected chi connectivity index (χ3v) is 4.89. The van der Waals surface area contributed by atoms with E-state index in [0.29, 0.717) is 5.69 Å². The van der Waals surface area contributed by atoms with Crippen molar-refractivity contribution < 1.29 is 22.4 Å². The molecule has 6 nitrogen and oxygen atoms in total. The first kappa shape index (κ1) is 18.6. The van der Waals surface area contributed by atoms with Gasteiger partial charge in [0.1, 0.15) is 11.2 Å². The van der Waals surface area contributed by atoms with Gasteiger partial charge in [-0.2, -0.15) is 0 Å². The Kier molecular flexibility index (Phi) is 4.70. The highest BCUT2D eigenvalue weighted by molar-refractivity contribution is 6.10. The number of hydrogen-bond acceptors (Lipinski definition) is 3. The number of nitro benzene ring substituents is 1. The summed E-state index contributed by atoms with van der Waals surface area (Å²) < 4.78 is 2.16. The molecular formula is C22H15ClN4O2. The molecule has 0 fully saturated rings. The van der Waals surface area contributed by atoms with Crippen LogP contribution in [0.5, 0.6) is 0 Å². The summed E-state index contributed by atoms with van der Waals surface area (Å²) in [6, 6.07) is 24.6. The van der Waals surface area contributed by atoms with Crippen molar-refractivity contribution in [3.8, 4) is 0 Å². The lowest BCUT2D eigenvalue weighted by atomic mass is 10.1. The summed E-state index contributed by atoms with van der Waals surface area (Å²) in [5.74, 6) is 0. The van der Waals surface area contributed by atoms with Crippen LogP contribution in [0.1, 0.15) is 0 Å². The van der Waals surface area contributed by atoms with Crippen LogP contribution in [0.2, 0.25) is 0 Å². The summed E-state index contributed by atoms with van der Waals surface area (Å²) in [5.41, 5.74) is 3.71. The topological polar surface area (TPSA) is 73.9 Å². The molecule has 0 saturated carbocycles. The molecule has 5 aromatic rings. The summed E-state index contributed by atoms with van der Waals surface area (Å²) in [6.45, 7) is 0. The normalized spacial score (nSPS) is 11.3. The molecular weight excluding hydrogens is 388 g/mol. The quantitative estimate of drug-likeness (QED) is 0.283. The van der Waals surface area contributed by atoms with E-state index < -0.39 is 4.92 Å². The molecule has 0 aliphatic rings. The van der Waals surface area contributed by atoms with Gasteiger partial charge in [0.25, 0.3) is 11.4 Å². The lowest BCUT2D eigenvalue weighted by molar-refractivity contribution is -0.429. The summed E-state index contributed by atoms with van der Waals surface area (Å²) in [7, 11) is 0. The van der Waals surface area contributed by atoms with E-state index >= 15 is 0 Å². The number of rotatable bonds is 3. The molecule has 0 aliphatic heterocycles. The van der Waals surface area contributed by atoms with Gasteiger partial charge in [-0.15, -0.1) is 0 Å². The number of fused-ring (bicyclic) bond motifs is 5. The zero-order valence-corrected chi connectivity index (χ0v) is 15.9. The highest BCUT2D eigenvalue weighted by atomic mass is 35.5. The maximum atomic E-state index is 10.8. The molecule has 0 amide bonds. The molecule has 0 aliphatic carbocycles. The second-order valence-corrected chi connectivity index (χ2v) is 6.51. The second kappa shape index (κ2) is 7.33. The number of para-hydroxylation sites is 1. The Morgan fingerprint density at radius 3 is 2.31 bits per heavy atom. The fourth-order valence-electron chi connectivity index (χ4n) is 3.58. The third kappa shape index (κ3) is 3.09. The minimum atomic E-state index is -0.418. The monoisotopic (exact) mass is 402 g/mol. The lowest BCUT2D eigenvalue weighted by Crippen LogP contribution is -3.00. The molecule has 2 heterocycles. The number of nitro groups is 1. The smallest absolute Gasteiger partial charge is 0.269 e. The third-order valence-electron chi connectivity index (χ3n) is 4.89. The van der Waals surface area contributed by atoms with Gasteiger partial charge in [-0.25, -0.2) is 0 Å². The van der Waals surface area contributed by atoms with Crippen molar-refractivity contribution in [2.45, 2.75) is 0 Å². The Balaban J connectivity index is 0.00000205. The predicted molar refractivity (Wildman–Crippen MR) is 108 cm³/mol. The van der Waals surface area contributed by atoms with E-state index in [1.54, 1.807) is 12.1 Å². The summed E-state index contributed by atoms with van der Waals surface area (Å²) >= 11 is 0. The first-order valence-corrected chi connectivity index (χ1v) is 8.84. The number of azo groups is 1. The van der Waals surface area contributed by atoms with E-state index in [-0.39, 0.29) is 18.1 Å². The van der Waals surface area contributed by atoms with Crippen LogP contribution in [-0.2, 0) is 0 Å². The maximum Gasteiger partial charge on any atom is 0.269 e. The fraction of sp³-hybridized carbons (Fsp3) is 0. The molecule has 1 N–H and O–H groups in total.